The lowest BCUT2D eigenvalue weighted by Crippen LogP contribution is -2.39. The Bertz CT molecular complexity index is 322. The lowest BCUT2D eigenvalue weighted by Gasteiger charge is -2.14. The summed E-state index contributed by atoms with van der Waals surface area (Å²) in [4.78, 5) is 17.2. The molecular weight excluding hydrogens is 264 g/mol. The molecule has 5 heteroatoms. The summed E-state index contributed by atoms with van der Waals surface area (Å²) in [5.41, 5.74) is 0. The third kappa shape index (κ3) is 7.93. The highest BCUT2D eigenvalue weighted by Crippen LogP contribution is 2.28. The van der Waals surface area contributed by atoms with Crippen molar-refractivity contribution in [1.29, 1.82) is 0 Å². The fourth-order valence-electron chi connectivity index (χ4n) is 2.80. The molecule has 1 saturated carbocycles. The van der Waals surface area contributed by atoms with Crippen LogP contribution >= 0.6 is 0 Å². The molecule has 1 aliphatic carbocycles. The summed E-state index contributed by atoms with van der Waals surface area (Å²) in [5.74, 6) is 1.91. The summed E-state index contributed by atoms with van der Waals surface area (Å²) in [5, 5.41) is 6.49. The van der Waals surface area contributed by atoms with Crippen LogP contribution in [0.15, 0.2) is 4.99 Å². The van der Waals surface area contributed by atoms with Crippen molar-refractivity contribution in [1.82, 2.24) is 15.5 Å². The highest BCUT2D eigenvalue weighted by molar-refractivity contribution is 5.81. The fourth-order valence-corrected chi connectivity index (χ4v) is 2.80. The quantitative estimate of drug-likeness (QED) is 0.409. The SMILES string of the molecule is CN=C(NCCCCC1CCCC1)NCCC(=O)N(C)C. The molecule has 21 heavy (non-hydrogen) atoms. The van der Waals surface area contributed by atoms with E-state index in [1.54, 1.807) is 26.0 Å². The average molecular weight is 296 g/mol. The van der Waals surface area contributed by atoms with Gasteiger partial charge in [0.15, 0.2) is 5.96 Å². The smallest absolute Gasteiger partial charge is 0.223 e. The zero-order valence-corrected chi connectivity index (χ0v) is 14.0. The van der Waals surface area contributed by atoms with Crippen molar-refractivity contribution in [2.75, 3.05) is 34.2 Å². The fraction of sp³-hybridized carbons (Fsp3) is 0.875. The Balaban J connectivity index is 2.01. The second kappa shape index (κ2) is 10.5. The molecule has 1 amide bonds. The van der Waals surface area contributed by atoms with Crippen molar-refractivity contribution in [3.63, 3.8) is 0 Å². The number of carbonyl (C=O) groups excluding carboxylic acids is 1. The second-order valence-electron chi connectivity index (χ2n) is 6.11. The van der Waals surface area contributed by atoms with Crippen molar-refractivity contribution in [2.24, 2.45) is 10.9 Å². The molecular formula is C16H32N4O. The van der Waals surface area contributed by atoms with E-state index in [0.717, 1.165) is 18.4 Å². The number of guanidine groups is 1. The second-order valence-corrected chi connectivity index (χ2v) is 6.11. The van der Waals surface area contributed by atoms with Crippen LogP contribution in [0.3, 0.4) is 0 Å². The minimum absolute atomic E-state index is 0.134. The Morgan fingerprint density at radius 1 is 1.14 bits per heavy atom. The van der Waals surface area contributed by atoms with Gasteiger partial charge in [-0.3, -0.25) is 9.79 Å². The molecule has 0 aliphatic heterocycles. The molecule has 0 aromatic carbocycles. The van der Waals surface area contributed by atoms with E-state index in [2.05, 4.69) is 15.6 Å². The number of unbranched alkanes of at least 4 members (excludes halogenated alkanes) is 1. The molecule has 0 bridgehead atoms. The first-order valence-electron chi connectivity index (χ1n) is 8.28. The van der Waals surface area contributed by atoms with Crippen LogP contribution in [0.1, 0.15) is 51.4 Å². The number of amides is 1. The van der Waals surface area contributed by atoms with E-state index in [4.69, 9.17) is 0 Å². The zero-order chi connectivity index (χ0) is 15.5. The van der Waals surface area contributed by atoms with Crippen LogP contribution in [-0.2, 0) is 4.79 Å². The van der Waals surface area contributed by atoms with Crippen molar-refractivity contribution < 1.29 is 4.79 Å². The van der Waals surface area contributed by atoms with Crippen LogP contribution < -0.4 is 10.6 Å². The maximum Gasteiger partial charge on any atom is 0.223 e. The summed E-state index contributed by atoms with van der Waals surface area (Å²) < 4.78 is 0. The Morgan fingerprint density at radius 2 is 1.81 bits per heavy atom. The van der Waals surface area contributed by atoms with Gasteiger partial charge in [-0.1, -0.05) is 38.5 Å². The zero-order valence-electron chi connectivity index (χ0n) is 14.0. The number of hydrogen-bond acceptors (Lipinski definition) is 2. The molecule has 0 aromatic heterocycles. The number of rotatable bonds is 8. The summed E-state index contributed by atoms with van der Waals surface area (Å²) in [6, 6.07) is 0. The summed E-state index contributed by atoms with van der Waals surface area (Å²) in [6.07, 6.45) is 10.1. The van der Waals surface area contributed by atoms with Gasteiger partial charge in [-0.25, -0.2) is 0 Å². The van der Waals surface area contributed by atoms with Crippen molar-refractivity contribution in [3.05, 3.63) is 0 Å². The molecule has 0 aromatic rings. The van der Waals surface area contributed by atoms with E-state index in [1.807, 2.05) is 0 Å². The van der Waals surface area contributed by atoms with E-state index in [-0.39, 0.29) is 5.91 Å². The summed E-state index contributed by atoms with van der Waals surface area (Å²) >= 11 is 0. The van der Waals surface area contributed by atoms with Gasteiger partial charge in [-0.15, -0.1) is 0 Å². The van der Waals surface area contributed by atoms with Gasteiger partial charge in [0.25, 0.3) is 0 Å². The van der Waals surface area contributed by atoms with Crippen molar-refractivity contribution >= 4 is 11.9 Å². The minimum Gasteiger partial charge on any atom is -0.356 e. The van der Waals surface area contributed by atoms with Gasteiger partial charge >= 0.3 is 0 Å². The number of nitrogens with zero attached hydrogens (tertiary/aromatic N) is 2. The van der Waals surface area contributed by atoms with Gasteiger partial charge in [0.1, 0.15) is 0 Å². The highest BCUT2D eigenvalue weighted by Gasteiger charge is 2.13. The largest absolute Gasteiger partial charge is 0.356 e. The molecule has 0 atom stereocenters. The van der Waals surface area contributed by atoms with Crippen LogP contribution in [0.25, 0.3) is 0 Å². The van der Waals surface area contributed by atoms with Crippen LogP contribution in [0, 0.1) is 5.92 Å². The molecule has 1 rings (SSSR count). The first-order valence-corrected chi connectivity index (χ1v) is 8.28. The first kappa shape index (κ1) is 17.8. The van der Waals surface area contributed by atoms with Gasteiger partial charge in [-0.2, -0.15) is 0 Å². The van der Waals surface area contributed by atoms with Crippen LogP contribution in [-0.4, -0.2) is 51.0 Å². The van der Waals surface area contributed by atoms with E-state index >= 15 is 0 Å². The van der Waals surface area contributed by atoms with E-state index < -0.39 is 0 Å². The molecule has 5 nitrogen and oxygen atoms in total. The minimum atomic E-state index is 0.134. The molecule has 122 valence electrons. The molecule has 0 unspecified atom stereocenters. The highest BCUT2D eigenvalue weighted by atomic mass is 16.2. The Labute approximate surface area is 129 Å². The predicted octanol–water partition coefficient (Wildman–Crippen LogP) is 1.99. The molecule has 0 spiro atoms. The van der Waals surface area contributed by atoms with Crippen molar-refractivity contribution in [3.8, 4) is 0 Å². The monoisotopic (exact) mass is 296 g/mol. The summed E-state index contributed by atoms with van der Waals surface area (Å²) in [6.45, 7) is 1.58. The maximum atomic E-state index is 11.5. The number of nitrogens with one attached hydrogen (secondary N) is 2. The Morgan fingerprint density at radius 3 is 2.43 bits per heavy atom. The predicted molar refractivity (Wildman–Crippen MR) is 88.5 cm³/mol. The normalized spacial score (nSPS) is 16.0. The first-order chi connectivity index (χ1) is 10.1. The molecule has 1 aliphatic rings. The standard InChI is InChI=1S/C16H32N4O/c1-17-16(19-13-11-15(21)20(2)3)18-12-7-6-10-14-8-4-5-9-14/h14H,4-13H2,1-3H3,(H2,17,18,19). The van der Waals surface area contributed by atoms with Crippen LogP contribution in [0.4, 0.5) is 0 Å². The van der Waals surface area contributed by atoms with Gasteiger partial charge in [0.2, 0.25) is 5.91 Å². The van der Waals surface area contributed by atoms with Gasteiger partial charge in [-0.05, 0) is 12.3 Å². The average Bonchev–Trinajstić information content (AvgIpc) is 2.97. The van der Waals surface area contributed by atoms with Gasteiger partial charge < -0.3 is 15.5 Å². The van der Waals surface area contributed by atoms with Crippen molar-refractivity contribution in [2.45, 2.75) is 51.4 Å². The lowest BCUT2D eigenvalue weighted by atomic mass is 10.0. The molecule has 2 N–H and O–H groups in total. The van der Waals surface area contributed by atoms with Gasteiger partial charge in [0, 0.05) is 40.7 Å². The molecule has 1 fully saturated rings. The molecule has 0 heterocycles. The Hall–Kier alpha value is -1.26. The maximum absolute atomic E-state index is 11.5. The lowest BCUT2D eigenvalue weighted by molar-refractivity contribution is -0.128. The third-order valence-electron chi connectivity index (χ3n) is 4.16. The molecule has 0 radical (unpaired) electrons. The number of carbonyl (C=O) groups is 1. The van der Waals surface area contributed by atoms with E-state index in [1.165, 1.54) is 44.9 Å². The number of aliphatic imine (C=N–C) groups is 1. The summed E-state index contributed by atoms with van der Waals surface area (Å²) in [7, 11) is 5.32. The van der Waals surface area contributed by atoms with Crippen LogP contribution in [0.5, 0.6) is 0 Å². The van der Waals surface area contributed by atoms with Crippen LogP contribution in [0.2, 0.25) is 0 Å². The number of hydrogen-bond donors (Lipinski definition) is 2. The Kier molecular flexibility index (Phi) is 8.87. The third-order valence-corrected chi connectivity index (χ3v) is 4.16. The van der Waals surface area contributed by atoms with Gasteiger partial charge in [0.05, 0.1) is 0 Å². The van der Waals surface area contributed by atoms with E-state index in [9.17, 15) is 4.79 Å². The van der Waals surface area contributed by atoms with E-state index in [0.29, 0.717) is 13.0 Å². The topological polar surface area (TPSA) is 56.7 Å². The molecule has 0 saturated heterocycles.